The zero-order valence-corrected chi connectivity index (χ0v) is 13.2. The SMILES string of the molecule is Cc1ccccc1-n1c2ccccc2c(=O)c2cccc(C)c21. The molecule has 2 nitrogen and oxygen atoms in total. The maximum absolute atomic E-state index is 12.9. The molecule has 0 N–H and O–H groups in total. The second-order valence-corrected chi connectivity index (χ2v) is 5.94. The van der Waals surface area contributed by atoms with Crippen molar-refractivity contribution in [3.8, 4) is 5.69 Å². The summed E-state index contributed by atoms with van der Waals surface area (Å²) in [5.41, 5.74) is 5.45. The molecule has 1 aromatic heterocycles. The first-order chi connectivity index (χ1) is 11.2. The van der Waals surface area contributed by atoms with Gasteiger partial charge in [0.25, 0.3) is 0 Å². The zero-order valence-electron chi connectivity index (χ0n) is 13.2. The summed E-state index contributed by atoms with van der Waals surface area (Å²) in [6.45, 7) is 4.16. The van der Waals surface area contributed by atoms with Crippen LogP contribution in [0.4, 0.5) is 0 Å². The molecule has 3 aromatic carbocycles. The van der Waals surface area contributed by atoms with Crippen LogP contribution in [-0.4, -0.2) is 4.57 Å². The first-order valence-corrected chi connectivity index (χ1v) is 7.77. The molecule has 0 bridgehead atoms. The highest BCUT2D eigenvalue weighted by atomic mass is 16.1. The minimum atomic E-state index is 0.101. The van der Waals surface area contributed by atoms with Crippen LogP contribution in [0.15, 0.2) is 71.5 Å². The highest BCUT2D eigenvalue weighted by Crippen LogP contribution is 2.27. The molecule has 0 radical (unpaired) electrons. The summed E-state index contributed by atoms with van der Waals surface area (Å²) in [7, 11) is 0. The Bertz CT molecular complexity index is 1110. The van der Waals surface area contributed by atoms with Gasteiger partial charge in [-0.1, -0.05) is 42.5 Å². The maximum Gasteiger partial charge on any atom is 0.197 e. The van der Waals surface area contributed by atoms with Crippen molar-refractivity contribution >= 4 is 21.8 Å². The Morgan fingerprint density at radius 2 is 1.35 bits per heavy atom. The number of rotatable bonds is 1. The average molecular weight is 299 g/mol. The predicted octanol–water partition coefficient (Wildman–Crippen LogP) is 4.76. The molecule has 1 heterocycles. The number of hydrogen-bond donors (Lipinski definition) is 0. The van der Waals surface area contributed by atoms with E-state index in [0.29, 0.717) is 0 Å². The molecule has 0 unspecified atom stereocenters. The molecule has 0 saturated carbocycles. The van der Waals surface area contributed by atoms with Crippen LogP contribution in [0.1, 0.15) is 11.1 Å². The number of aryl methyl sites for hydroxylation is 2. The Balaban J connectivity index is 2.36. The van der Waals surface area contributed by atoms with Crippen LogP contribution in [0.25, 0.3) is 27.5 Å². The number of benzene rings is 3. The zero-order chi connectivity index (χ0) is 16.0. The minimum absolute atomic E-state index is 0.101. The second-order valence-electron chi connectivity index (χ2n) is 5.94. The molecule has 0 spiro atoms. The molecular formula is C21H17NO. The summed E-state index contributed by atoms with van der Waals surface area (Å²) in [5.74, 6) is 0. The molecule has 4 rings (SSSR count). The van der Waals surface area contributed by atoms with Crippen LogP contribution >= 0.6 is 0 Å². The Kier molecular flexibility index (Phi) is 3.05. The van der Waals surface area contributed by atoms with E-state index in [-0.39, 0.29) is 5.43 Å². The summed E-state index contributed by atoms with van der Waals surface area (Å²) in [6.07, 6.45) is 0. The van der Waals surface area contributed by atoms with Gasteiger partial charge in [-0.05, 0) is 49.2 Å². The van der Waals surface area contributed by atoms with E-state index in [1.807, 2.05) is 48.5 Å². The first-order valence-electron chi connectivity index (χ1n) is 7.77. The summed E-state index contributed by atoms with van der Waals surface area (Å²) in [4.78, 5) is 12.9. The van der Waals surface area contributed by atoms with Gasteiger partial charge in [-0.2, -0.15) is 0 Å². The Labute approximate surface area is 134 Å². The van der Waals surface area contributed by atoms with E-state index in [4.69, 9.17) is 0 Å². The van der Waals surface area contributed by atoms with E-state index in [9.17, 15) is 4.79 Å². The van der Waals surface area contributed by atoms with Gasteiger partial charge in [-0.25, -0.2) is 0 Å². The van der Waals surface area contributed by atoms with Gasteiger partial charge in [-0.15, -0.1) is 0 Å². The lowest BCUT2D eigenvalue weighted by molar-refractivity contribution is 1.12. The number of fused-ring (bicyclic) bond motifs is 2. The Hall–Kier alpha value is -2.87. The van der Waals surface area contributed by atoms with Crippen molar-refractivity contribution in [1.29, 1.82) is 0 Å². The Morgan fingerprint density at radius 3 is 2.17 bits per heavy atom. The minimum Gasteiger partial charge on any atom is -0.308 e. The molecule has 0 amide bonds. The third-order valence-electron chi connectivity index (χ3n) is 4.45. The fourth-order valence-electron chi connectivity index (χ4n) is 3.33. The molecular weight excluding hydrogens is 282 g/mol. The van der Waals surface area contributed by atoms with Crippen molar-refractivity contribution in [2.75, 3.05) is 0 Å². The molecule has 0 fully saturated rings. The highest BCUT2D eigenvalue weighted by Gasteiger charge is 2.14. The van der Waals surface area contributed by atoms with Gasteiger partial charge in [0.1, 0.15) is 0 Å². The molecule has 0 aliphatic carbocycles. The van der Waals surface area contributed by atoms with Crippen LogP contribution in [0.5, 0.6) is 0 Å². The van der Waals surface area contributed by atoms with E-state index in [2.05, 4.69) is 36.6 Å². The van der Waals surface area contributed by atoms with Gasteiger partial charge in [0.15, 0.2) is 5.43 Å². The van der Waals surface area contributed by atoms with Gasteiger partial charge in [0.2, 0.25) is 0 Å². The van der Waals surface area contributed by atoms with Crippen LogP contribution in [0.2, 0.25) is 0 Å². The topological polar surface area (TPSA) is 22.0 Å². The van der Waals surface area contributed by atoms with Gasteiger partial charge >= 0.3 is 0 Å². The van der Waals surface area contributed by atoms with Gasteiger partial charge in [-0.3, -0.25) is 4.79 Å². The number of nitrogens with zero attached hydrogens (tertiary/aromatic N) is 1. The second kappa shape index (κ2) is 5.10. The summed E-state index contributed by atoms with van der Waals surface area (Å²) in [6, 6.07) is 22.1. The quantitative estimate of drug-likeness (QED) is 0.464. The summed E-state index contributed by atoms with van der Waals surface area (Å²) < 4.78 is 2.22. The van der Waals surface area contributed by atoms with E-state index in [1.165, 1.54) is 5.56 Å². The van der Waals surface area contributed by atoms with E-state index in [0.717, 1.165) is 33.1 Å². The first kappa shape index (κ1) is 13.8. The normalized spacial score (nSPS) is 11.2. The lowest BCUT2D eigenvalue weighted by Gasteiger charge is -2.18. The van der Waals surface area contributed by atoms with Crippen molar-refractivity contribution in [2.24, 2.45) is 0 Å². The highest BCUT2D eigenvalue weighted by molar-refractivity contribution is 5.96. The predicted molar refractivity (Wildman–Crippen MR) is 96.5 cm³/mol. The van der Waals surface area contributed by atoms with Crippen molar-refractivity contribution in [3.63, 3.8) is 0 Å². The standard InChI is InChI=1S/C21H17NO/c1-14-8-3-5-12-18(14)22-19-13-6-4-10-16(19)21(23)17-11-7-9-15(2)20(17)22/h3-13H,1-2H3. The molecule has 0 atom stereocenters. The molecule has 0 saturated heterocycles. The van der Waals surface area contributed by atoms with Gasteiger partial charge in [0, 0.05) is 16.5 Å². The third-order valence-corrected chi connectivity index (χ3v) is 4.45. The van der Waals surface area contributed by atoms with Crippen molar-refractivity contribution in [3.05, 3.63) is 88.1 Å². The number of aromatic nitrogens is 1. The monoisotopic (exact) mass is 299 g/mol. The van der Waals surface area contributed by atoms with Crippen molar-refractivity contribution in [1.82, 2.24) is 4.57 Å². The molecule has 4 aromatic rings. The van der Waals surface area contributed by atoms with E-state index >= 15 is 0 Å². The number of hydrogen-bond acceptors (Lipinski definition) is 1. The van der Waals surface area contributed by atoms with E-state index < -0.39 is 0 Å². The summed E-state index contributed by atoms with van der Waals surface area (Å²) in [5, 5.41) is 1.53. The molecule has 2 heteroatoms. The van der Waals surface area contributed by atoms with Gasteiger partial charge in [0.05, 0.1) is 11.0 Å². The fourth-order valence-corrected chi connectivity index (χ4v) is 3.33. The number of para-hydroxylation sites is 3. The largest absolute Gasteiger partial charge is 0.308 e. The van der Waals surface area contributed by atoms with E-state index in [1.54, 1.807) is 0 Å². The summed E-state index contributed by atoms with van der Waals surface area (Å²) >= 11 is 0. The van der Waals surface area contributed by atoms with Crippen LogP contribution in [0.3, 0.4) is 0 Å². The fraction of sp³-hybridized carbons (Fsp3) is 0.0952. The van der Waals surface area contributed by atoms with Crippen LogP contribution in [0, 0.1) is 13.8 Å². The maximum atomic E-state index is 12.9. The molecule has 23 heavy (non-hydrogen) atoms. The molecule has 0 aliphatic heterocycles. The number of pyridine rings is 1. The van der Waals surface area contributed by atoms with Crippen molar-refractivity contribution < 1.29 is 0 Å². The lowest BCUT2D eigenvalue weighted by atomic mass is 10.0. The molecule has 0 aliphatic rings. The lowest BCUT2D eigenvalue weighted by Crippen LogP contribution is -2.12. The Morgan fingerprint density at radius 1 is 0.696 bits per heavy atom. The smallest absolute Gasteiger partial charge is 0.197 e. The average Bonchev–Trinajstić information content (AvgIpc) is 2.57. The van der Waals surface area contributed by atoms with Crippen LogP contribution in [-0.2, 0) is 0 Å². The van der Waals surface area contributed by atoms with Gasteiger partial charge < -0.3 is 4.57 Å². The van der Waals surface area contributed by atoms with Crippen LogP contribution < -0.4 is 5.43 Å². The third kappa shape index (κ3) is 1.99. The van der Waals surface area contributed by atoms with Crippen molar-refractivity contribution in [2.45, 2.75) is 13.8 Å². The molecule has 112 valence electrons.